The van der Waals surface area contributed by atoms with E-state index in [-0.39, 0.29) is 17.2 Å². The van der Waals surface area contributed by atoms with Crippen molar-refractivity contribution < 1.29 is 59.0 Å². The number of nitrogens with zero attached hydrogens (tertiary/aromatic N) is 1. The van der Waals surface area contributed by atoms with E-state index in [4.69, 9.17) is 19.7 Å². The summed E-state index contributed by atoms with van der Waals surface area (Å²) >= 11 is 0. The van der Waals surface area contributed by atoms with Gasteiger partial charge in [-0.3, -0.25) is 0 Å². The minimum Gasteiger partial charge on any atom is -0.478 e. The van der Waals surface area contributed by atoms with Crippen LogP contribution in [0, 0.1) is 0 Å². The molecule has 0 aliphatic rings. The second-order valence-electron chi connectivity index (χ2n) is 6.66. The fraction of sp³-hybridized carbons (Fsp3) is 0. The summed E-state index contributed by atoms with van der Waals surface area (Å²) in [5, 5.41) is 46.1. The third-order valence-corrected chi connectivity index (χ3v) is 4.40. The average molecular weight is 483 g/mol. The van der Waals surface area contributed by atoms with Crippen molar-refractivity contribution in [3.63, 3.8) is 0 Å². The number of benzene rings is 2. The fourth-order valence-electron chi connectivity index (χ4n) is 2.88. The minimum absolute atomic E-state index is 0.109. The summed E-state index contributed by atoms with van der Waals surface area (Å²) in [5.74, 6) is -8.41. The van der Waals surface area contributed by atoms with Crippen LogP contribution in [0.15, 0.2) is 48.7 Å². The number of hydrogen-bond donors (Lipinski definition) is 5. The van der Waals surface area contributed by atoms with Crippen molar-refractivity contribution in [1.82, 2.24) is 4.98 Å². The van der Waals surface area contributed by atoms with E-state index in [2.05, 4.69) is 4.98 Å². The molecule has 0 aliphatic carbocycles. The number of aromatic carboxylic acids is 5. The van der Waals surface area contributed by atoms with Crippen LogP contribution in [0.25, 0.3) is 0 Å². The number of pyridine rings is 1. The van der Waals surface area contributed by atoms with Crippen LogP contribution in [0.5, 0.6) is 23.0 Å². The van der Waals surface area contributed by atoms with E-state index < -0.39 is 63.5 Å². The average Bonchev–Trinajstić information content (AvgIpc) is 2.78. The molecule has 0 saturated carbocycles. The third-order valence-electron chi connectivity index (χ3n) is 4.40. The van der Waals surface area contributed by atoms with Gasteiger partial charge in [0, 0.05) is 6.07 Å². The molecule has 2 aromatic carbocycles. The summed E-state index contributed by atoms with van der Waals surface area (Å²) < 4.78 is 10.9. The van der Waals surface area contributed by atoms with Crippen molar-refractivity contribution in [2.45, 2.75) is 0 Å². The molecule has 13 heteroatoms. The van der Waals surface area contributed by atoms with Gasteiger partial charge in [-0.1, -0.05) is 0 Å². The maximum atomic E-state index is 11.5. The monoisotopic (exact) mass is 483 g/mol. The molecule has 0 fully saturated rings. The standard InChI is InChI=1S/C22H13NO12/c24-18(25)12-3-1-9(5-14(12)20(28)29)34-11-7-16(17(22(32)33)23-8-11)35-10-2-4-13(19(26)27)15(6-10)21(30)31/h1-8H,(H,24,25)(H,26,27)(H,28,29)(H,30,31)(H,32,33). The van der Waals surface area contributed by atoms with E-state index in [9.17, 15) is 39.3 Å². The predicted octanol–water partition coefficient (Wildman–Crippen LogP) is 3.16. The van der Waals surface area contributed by atoms with Crippen LogP contribution in [0.4, 0.5) is 0 Å². The normalized spacial score (nSPS) is 10.3. The van der Waals surface area contributed by atoms with Gasteiger partial charge in [0.2, 0.25) is 0 Å². The summed E-state index contributed by atoms with van der Waals surface area (Å²) in [6, 6.07) is 7.15. The maximum absolute atomic E-state index is 11.5. The molecule has 178 valence electrons. The van der Waals surface area contributed by atoms with Crippen molar-refractivity contribution in [2.75, 3.05) is 0 Å². The van der Waals surface area contributed by atoms with Gasteiger partial charge < -0.3 is 35.0 Å². The molecule has 0 aliphatic heterocycles. The molecule has 0 bridgehead atoms. The number of carbonyl (C=O) groups is 5. The van der Waals surface area contributed by atoms with Crippen LogP contribution >= 0.6 is 0 Å². The first-order chi connectivity index (χ1) is 16.5. The van der Waals surface area contributed by atoms with Crippen molar-refractivity contribution in [1.29, 1.82) is 0 Å². The molecular weight excluding hydrogens is 470 g/mol. The lowest BCUT2D eigenvalue weighted by Gasteiger charge is -2.12. The zero-order chi connectivity index (χ0) is 25.9. The van der Waals surface area contributed by atoms with Gasteiger partial charge in [-0.15, -0.1) is 0 Å². The molecule has 0 atom stereocenters. The Balaban J connectivity index is 1.99. The Bertz CT molecular complexity index is 1400. The third kappa shape index (κ3) is 5.31. The van der Waals surface area contributed by atoms with Gasteiger partial charge in [-0.2, -0.15) is 0 Å². The van der Waals surface area contributed by atoms with Gasteiger partial charge in [-0.05, 0) is 36.4 Å². The van der Waals surface area contributed by atoms with Crippen molar-refractivity contribution in [2.24, 2.45) is 0 Å². The summed E-state index contributed by atoms with van der Waals surface area (Å²) in [6.07, 6.45) is 0.984. The quantitative estimate of drug-likeness (QED) is 0.296. The highest BCUT2D eigenvalue weighted by molar-refractivity contribution is 6.02. The molecule has 13 nitrogen and oxygen atoms in total. The van der Waals surface area contributed by atoms with Gasteiger partial charge >= 0.3 is 29.8 Å². The number of rotatable bonds is 9. The molecule has 0 saturated heterocycles. The summed E-state index contributed by atoms with van der Waals surface area (Å²) in [7, 11) is 0. The molecule has 5 N–H and O–H groups in total. The molecule has 0 amide bonds. The lowest BCUT2D eigenvalue weighted by molar-refractivity contribution is 0.0651. The summed E-state index contributed by atoms with van der Waals surface area (Å²) in [4.78, 5) is 60.4. The summed E-state index contributed by atoms with van der Waals surface area (Å²) in [5.41, 5.74) is -2.75. The number of aromatic nitrogens is 1. The molecule has 1 aromatic heterocycles. The fourth-order valence-corrected chi connectivity index (χ4v) is 2.88. The van der Waals surface area contributed by atoms with Gasteiger partial charge in [0.1, 0.15) is 17.2 Å². The SMILES string of the molecule is O=C(O)c1ccc(Oc2cnc(C(=O)O)c(Oc3ccc(C(=O)O)c(C(=O)O)c3)c2)cc1C(=O)O. The first-order valence-electron chi connectivity index (χ1n) is 9.28. The van der Waals surface area contributed by atoms with Gasteiger partial charge in [-0.25, -0.2) is 29.0 Å². The Labute approximate surface area is 194 Å². The van der Waals surface area contributed by atoms with Gasteiger partial charge in [0.15, 0.2) is 11.4 Å². The maximum Gasteiger partial charge on any atom is 0.358 e. The number of carboxylic acid groups (broad SMARTS) is 5. The lowest BCUT2D eigenvalue weighted by Crippen LogP contribution is -2.09. The zero-order valence-corrected chi connectivity index (χ0v) is 17.2. The molecule has 35 heavy (non-hydrogen) atoms. The molecule has 3 aromatic rings. The Kier molecular flexibility index (Phi) is 6.62. The van der Waals surface area contributed by atoms with Crippen LogP contribution in [-0.2, 0) is 0 Å². The second-order valence-corrected chi connectivity index (χ2v) is 6.66. The smallest absolute Gasteiger partial charge is 0.358 e. The van der Waals surface area contributed by atoms with Crippen LogP contribution in [0.3, 0.4) is 0 Å². The molecule has 0 spiro atoms. The van der Waals surface area contributed by atoms with Gasteiger partial charge in [0.05, 0.1) is 28.5 Å². The number of hydrogen-bond acceptors (Lipinski definition) is 8. The minimum atomic E-state index is -1.56. The summed E-state index contributed by atoms with van der Waals surface area (Å²) in [6.45, 7) is 0. The highest BCUT2D eigenvalue weighted by Gasteiger charge is 2.21. The highest BCUT2D eigenvalue weighted by atomic mass is 16.5. The van der Waals surface area contributed by atoms with E-state index >= 15 is 0 Å². The predicted molar refractivity (Wildman–Crippen MR) is 112 cm³/mol. The van der Waals surface area contributed by atoms with Gasteiger partial charge in [0.25, 0.3) is 0 Å². The van der Waals surface area contributed by atoms with Crippen LogP contribution < -0.4 is 9.47 Å². The Morgan fingerprint density at radius 2 is 1.00 bits per heavy atom. The van der Waals surface area contributed by atoms with Crippen LogP contribution in [-0.4, -0.2) is 60.4 Å². The molecule has 3 rings (SSSR count). The number of carboxylic acids is 5. The van der Waals surface area contributed by atoms with Crippen LogP contribution in [0.1, 0.15) is 51.9 Å². The molecule has 0 radical (unpaired) electrons. The van der Waals surface area contributed by atoms with E-state index in [1.165, 1.54) is 6.07 Å². The topological polar surface area (TPSA) is 218 Å². The molecular formula is C22H13NO12. The van der Waals surface area contributed by atoms with Crippen LogP contribution in [0.2, 0.25) is 0 Å². The van der Waals surface area contributed by atoms with Crippen molar-refractivity contribution >= 4 is 29.8 Å². The molecule has 0 unspecified atom stereocenters. The zero-order valence-electron chi connectivity index (χ0n) is 17.2. The van der Waals surface area contributed by atoms with Crippen molar-refractivity contribution in [3.05, 3.63) is 76.6 Å². The van der Waals surface area contributed by atoms with Crippen molar-refractivity contribution in [3.8, 4) is 23.0 Å². The number of ether oxygens (including phenoxy) is 2. The van der Waals surface area contributed by atoms with E-state index in [0.29, 0.717) is 0 Å². The van der Waals surface area contributed by atoms with E-state index in [1.807, 2.05) is 0 Å². The Morgan fingerprint density at radius 1 is 0.543 bits per heavy atom. The second kappa shape index (κ2) is 9.58. The Morgan fingerprint density at radius 3 is 1.43 bits per heavy atom. The van der Waals surface area contributed by atoms with E-state index in [1.54, 1.807) is 0 Å². The first-order valence-corrected chi connectivity index (χ1v) is 9.28. The lowest BCUT2D eigenvalue weighted by atomic mass is 10.1. The first kappa shape index (κ1) is 24.2. The van der Waals surface area contributed by atoms with E-state index in [0.717, 1.165) is 42.6 Å². The largest absolute Gasteiger partial charge is 0.478 e. The Hall–Kier alpha value is -5.46. The highest BCUT2D eigenvalue weighted by Crippen LogP contribution is 2.32. The molecule has 1 heterocycles.